The van der Waals surface area contributed by atoms with Crippen LogP contribution in [-0.4, -0.2) is 67.0 Å². The molecule has 67 heavy (non-hydrogen) atoms. The number of allylic oxidation sites excluding steroid dienone is 2. The number of azo groups is 1. The van der Waals surface area contributed by atoms with Gasteiger partial charge < -0.3 is 19.5 Å². The third kappa shape index (κ3) is 7.49. The van der Waals surface area contributed by atoms with Gasteiger partial charge in [-0.1, -0.05) is 47.0 Å². The number of phenols is 1. The van der Waals surface area contributed by atoms with Crippen molar-refractivity contribution in [1.82, 2.24) is 9.99 Å². The van der Waals surface area contributed by atoms with Gasteiger partial charge in [0.05, 0.1) is 65.0 Å². The maximum absolute atomic E-state index is 15.6. The van der Waals surface area contributed by atoms with E-state index >= 15 is 9.59 Å². The molecule has 9 rings (SSSR count). The van der Waals surface area contributed by atoms with Gasteiger partial charge in [-0.3, -0.25) is 29.5 Å². The van der Waals surface area contributed by atoms with Crippen molar-refractivity contribution in [1.29, 1.82) is 0 Å². The number of aromatic hydroxyl groups is 1. The molecule has 0 bridgehead atoms. The summed E-state index contributed by atoms with van der Waals surface area (Å²) in [5.74, 6) is -8.38. The van der Waals surface area contributed by atoms with Gasteiger partial charge in [0.1, 0.15) is 0 Å². The molecule has 4 aliphatic rings. The minimum Gasteiger partial charge on any atom is -0.502 e. The Labute approximate surface area is 391 Å². The van der Waals surface area contributed by atoms with E-state index in [4.69, 9.17) is 32.7 Å². The molecular formula is C48H40Cl2F3N7O7. The highest BCUT2D eigenvalue weighted by Crippen LogP contribution is 2.65. The van der Waals surface area contributed by atoms with E-state index < -0.39 is 81.2 Å². The normalized spacial score (nSPS) is 23.5. The number of aromatic nitrogens is 1. The predicted octanol–water partition coefficient (Wildman–Crippen LogP) is 9.80. The molecule has 344 valence electrons. The number of hydrogen-bond donors (Lipinski definition) is 2. The van der Waals surface area contributed by atoms with Crippen LogP contribution in [0.15, 0.2) is 119 Å². The lowest BCUT2D eigenvalue weighted by Gasteiger charge is -2.50. The molecule has 4 aromatic carbocycles. The number of alkyl halides is 3. The molecule has 6 atom stereocenters. The van der Waals surface area contributed by atoms with E-state index in [1.165, 1.54) is 26.4 Å². The fourth-order valence-electron chi connectivity index (χ4n) is 10.1. The largest absolute Gasteiger partial charge is 0.502 e. The molecule has 19 heteroatoms. The second kappa shape index (κ2) is 17.0. The molecule has 1 saturated carbocycles. The molecule has 2 N–H and O–H groups in total. The molecule has 4 amide bonds. The third-order valence-electron chi connectivity index (χ3n) is 13.1. The van der Waals surface area contributed by atoms with Gasteiger partial charge >= 0.3 is 6.18 Å². The first-order chi connectivity index (χ1) is 32.0. The summed E-state index contributed by atoms with van der Waals surface area (Å²) in [5.41, 5.74) is 3.28. The van der Waals surface area contributed by atoms with Crippen LogP contribution in [-0.2, 0) is 30.8 Å². The number of carbonyl (C=O) groups excluding carboxylic acids is 4. The van der Waals surface area contributed by atoms with Crippen LogP contribution in [0.1, 0.15) is 35.4 Å². The Hall–Kier alpha value is -6.98. The summed E-state index contributed by atoms with van der Waals surface area (Å²) in [6, 6.07) is 24.0. The number of carbonyl (C=O) groups is 4. The number of halogens is 5. The number of imide groups is 2. The number of pyridine rings is 1. The zero-order chi connectivity index (χ0) is 47.7. The second-order valence-electron chi connectivity index (χ2n) is 16.8. The first kappa shape index (κ1) is 45.2. The van der Waals surface area contributed by atoms with E-state index in [1.807, 2.05) is 49.3 Å². The minimum absolute atomic E-state index is 0.0236. The van der Waals surface area contributed by atoms with Crippen LogP contribution >= 0.6 is 23.2 Å². The first-order valence-corrected chi connectivity index (χ1v) is 21.7. The number of rotatable bonds is 10. The zero-order valence-electron chi connectivity index (χ0n) is 36.1. The highest BCUT2D eigenvalue weighted by atomic mass is 35.5. The number of ether oxygens (including phenoxy) is 2. The number of nitrogens with one attached hydrogen (secondary N) is 1. The van der Waals surface area contributed by atoms with E-state index in [1.54, 1.807) is 48.5 Å². The Balaban J connectivity index is 1.14. The van der Waals surface area contributed by atoms with Gasteiger partial charge in [0.25, 0.3) is 11.8 Å². The number of phenolic OH excluding ortho intramolecular Hbond substituents is 1. The predicted molar refractivity (Wildman–Crippen MR) is 242 cm³/mol. The van der Waals surface area contributed by atoms with Gasteiger partial charge in [-0.2, -0.15) is 28.4 Å². The number of hydrogen-bond acceptors (Lipinski definition) is 12. The number of amides is 4. The third-order valence-corrected chi connectivity index (χ3v) is 13.7. The number of fused-ring (bicyclic) bond motifs is 4. The molecule has 2 aliphatic carbocycles. The van der Waals surface area contributed by atoms with Crippen molar-refractivity contribution in [2.24, 2.45) is 33.9 Å². The Bertz CT molecular complexity index is 2870. The van der Waals surface area contributed by atoms with Crippen molar-refractivity contribution in [3.63, 3.8) is 0 Å². The highest BCUT2D eigenvalue weighted by molar-refractivity contribution is 6.33. The maximum atomic E-state index is 15.6. The van der Waals surface area contributed by atoms with Gasteiger partial charge in [0.15, 0.2) is 17.3 Å². The zero-order valence-corrected chi connectivity index (χ0v) is 37.6. The van der Waals surface area contributed by atoms with Crippen molar-refractivity contribution in [3.05, 3.63) is 136 Å². The molecule has 5 aromatic rings. The highest BCUT2D eigenvalue weighted by Gasteiger charge is 2.70. The summed E-state index contributed by atoms with van der Waals surface area (Å²) in [4.78, 5) is 66.9. The van der Waals surface area contributed by atoms with E-state index in [2.05, 4.69) is 20.6 Å². The molecule has 0 unspecified atom stereocenters. The standard InChI is InChI=1S/C48H40Cl2F3N7O7/c1-58(2)30-13-9-28(10-14-30)55-56-29-11-15-31(16-12-29)59-43(62)33-18-17-32-34(39(33)45(59)64)22-35-44(63)60(57-42-36(50)21-26(23-54-42)48(51,52)53)46(65)47(35,25-5-7-27(49)8-6-25)40(32)24-19-37(66-3)41(61)38(20-24)67-4/h5-17,19-21,23,33-35,39-40,61H,18,22H2,1-4H3,(H,54,57)/t33-,34+,35-,39-,40-,47+/m0/s1. The number of hydrazine groups is 1. The molecular weight excluding hydrogens is 914 g/mol. The molecule has 2 saturated heterocycles. The van der Waals surface area contributed by atoms with Crippen LogP contribution < -0.4 is 24.7 Å². The van der Waals surface area contributed by atoms with Gasteiger partial charge in [0, 0.05) is 36.9 Å². The lowest BCUT2D eigenvalue weighted by molar-refractivity contribution is -0.139. The number of nitrogens with zero attached hydrogens (tertiary/aromatic N) is 6. The number of methoxy groups -OCH3 is 2. The topological polar surface area (TPSA) is 166 Å². The Morgan fingerprint density at radius 3 is 2.01 bits per heavy atom. The van der Waals surface area contributed by atoms with Crippen molar-refractivity contribution in [3.8, 4) is 17.2 Å². The van der Waals surface area contributed by atoms with E-state index in [-0.39, 0.29) is 30.1 Å². The van der Waals surface area contributed by atoms with Gasteiger partial charge in [-0.05, 0) is 109 Å². The summed E-state index contributed by atoms with van der Waals surface area (Å²) in [7, 11) is 6.53. The van der Waals surface area contributed by atoms with Crippen molar-refractivity contribution in [2.45, 2.75) is 30.4 Å². The quantitative estimate of drug-likeness (QED) is 0.0782. The van der Waals surface area contributed by atoms with Crippen LogP contribution in [0.3, 0.4) is 0 Å². The lowest BCUT2D eigenvalue weighted by atomic mass is 9.49. The molecule has 3 fully saturated rings. The molecule has 14 nitrogen and oxygen atoms in total. The van der Waals surface area contributed by atoms with Crippen molar-refractivity contribution < 1.29 is 46.9 Å². The van der Waals surface area contributed by atoms with E-state index in [9.17, 15) is 27.9 Å². The summed E-state index contributed by atoms with van der Waals surface area (Å²) in [5, 5.41) is 20.2. The second-order valence-corrected chi connectivity index (χ2v) is 17.7. The first-order valence-electron chi connectivity index (χ1n) is 20.9. The van der Waals surface area contributed by atoms with Crippen LogP contribution in [0.2, 0.25) is 10.0 Å². The summed E-state index contributed by atoms with van der Waals surface area (Å²) in [6.07, 6.45) is -2.45. The number of anilines is 3. The van der Waals surface area contributed by atoms with Crippen LogP contribution in [0.25, 0.3) is 0 Å². The minimum atomic E-state index is -4.78. The Morgan fingerprint density at radius 2 is 1.45 bits per heavy atom. The summed E-state index contributed by atoms with van der Waals surface area (Å²) < 4.78 is 52.0. The van der Waals surface area contributed by atoms with Gasteiger partial charge in [-0.25, -0.2) is 4.98 Å². The van der Waals surface area contributed by atoms with Gasteiger partial charge in [0.2, 0.25) is 17.6 Å². The maximum Gasteiger partial charge on any atom is 0.417 e. The fraction of sp³-hybridized carbons (Fsp3) is 0.271. The number of benzene rings is 4. The smallest absolute Gasteiger partial charge is 0.417 e. The summed E-state index contributed by atoms with van der Waals surface area (Å²) in [6.45, 7) is 0. The summed E-state index contributed by atoms with van der Waals surface area (Å²) >= 11 is 12.7. The van der Waals surface area contributed by atoms with Gasteiger partial charge in [-0.15, -0.1) is 0 Å². The van der Waals surface area contributed by atoms with E-state index in [0.29, 0.717) is 56.1 Å². The van der Waals surface area contributed by atoms with Crippen LogP contribution in [0.5, 0.6) is 17.2 Å². The Kier molecular flexibility index (Phi) is 11.5. The van der Waals surface area contributed by atoms with E-state index in [0.717, 1.165) is 10.6 Å². The molecule has 1 aromatic heterocycles. The molecule has 2 aliphatic heterocycles. The van der Waals surface area contributed by atoms with Crippen LogP contribution in [0.4, 0.5) is 41.7 Å². The average molecular weight is 955 g/mol. The SMILES string of the molecule is COc1cc([C@H]2C3=CC[C@@H]4C(=O)N(c5ccc(N=Nc6ccc(N(C)C)cc6)cc5)C(=O)[C@@H]4[C@@H]3C[C@H]3C(=O)N(Nc4ncc(C(F)(F)F)cc4Cl)C(=O)[C@@]23c2ccc(Cl)cc2)cc(OC)c1O. The lowest BCUT2D eigenvalue weighted by Crippen LogP contribution is -2.53. The molecule has 0 radical (unpaired) electrons. The monoisotopic (exact) mass is 953 g/mol. The van der Waals surface area contributed by atoms with Crippen LogP contribution in [0, 0.1) is 23.7 Å². The fourth-order valence-corrected chi connectivity index (χ4v) is 10.4. The van der Waals surface area contributed by atoms with Crippen molar-refractivity contribution in [2.75, 3.05) is 43.5 Å². The van der Waals surface area contributed by atoms with Crippen molar-refractivity contribution >= 4 is 75.4 Å². The Morgan fingerprint density at radius 1 is 0.836 bits per heavy atom. The average Bonchev–Trinajstić information content (AvgIpc) is 3.69. The molecule has 0 spiro atoms. The molecule has 3 heterocycles.